The van der Waals surface area contributed by atoms with E-state index >= 15 is 0 Å². The number of halogens is 1. The lowest BCUT2D eigenvalue weighted by atomic mass is 10.2. The zero-order valence-corrected chi connectivity index (χ0v) is 17.0. The predicted octanol–water partition coefficient (Wildman–Crippen LogP) is 1.95. The van der Waals surface area contributed by atoms with Crippen molar-refractivity contribution < 1.29 is 4.79 Å². The van der Waals surface area contributed by atoms with E-state index in [0.29, 0.717) is 11.6 Å². The van der Waals surface area contributed by atoms with Crippen LogP contribution in [0.1, 0.15) is 15.9 Å². The summed E-state index contributed by atoms with van der Waals surface area (Å²) < 4.78 is 2.28. The quantitative estimate of drug-likeness (QED) is 0.618. The van der Waals surface area contributed by atoms with Crippen LogP contribution in [-0.4, -0.2) is 32.3 Å². The third-order valence-electron chi connectivity index (χ3n) is 4.27. The van der Waals surface area contributed by atoms with Crippen molar-refractivity contribution >= 4 is 40.3 Å². The van der Waals surface area contributed by atoms with E-state index in [9.17, 15) is 14.4 Å². The standard InChI is InChI=1S/C19H19ClN4O3S/c1-23-16-15(18(26)24(2)19(23)27)9-13(10-22-16)17(25)21-7-8-28-11-12-3-5-14(20)6-4-12/h3-6,9-10H,7-8,11H2,1-2H3,(H,21,25). The Morgan fingerprint density at radius 2 is 1.89 bits per heavy atom. The van der Waals surface area contributed by atoms with Crippen LogP contribution >= 0.6 is 23.4 Å². The van der Waals surface area contributed by atoms with Gasteiger partial charge in [-0.25, -0.2) is 9.78 Å². The molecule has 28 heavy (non-hydrogen) atoms. The summed E-state index contributed by atoms with van der Waals surface area (Å²) in [5.41, 5.74) is 0.772. The number of pyridine rings is 1. The summed E-state index contributed by atoms with van der Waals surface area (Å²) >= 11 is 7.56. The van der Waals surface area contributed by atoms with Crippen molar-refractivity contribution in [3.63, 3.8) is 0 Å². The molecule has 0 spiro atoms. The van der Waals surface area contributed by atoms with Gasteiger partial charge < -0.3 is 5.32 Å². The third kappa shape index (κ3) is 4.28. The number of benzene rings is 1. The third-order valence-corrected chi connectivity index (χ3v) is 5.55. The molecule has 7 nitrogen and oxygen atoms in total. The number of aromatic nitrogens is 3. The molecule has 3 aromatic rings. The molecule has 0 fully saturated rings. The molecule has 0 saturated carbocycles. The Morgan fingerprint density at radius 1 is 1.18 bits per heavy atom. The van der Waals surface area contributed by atoms with Gasteiger partial charge in [-0.05, 0) is 23.8 Å². The number of fused-ring (bicyclic) bond motifs is 1. The normalized spacial score (nSPS) is 11.0. The molecule has 2 heterocycles. The van der Waals surface area contributed by atoms with E-state index in [0.717, 1.165) is 16.1 Å². The van der Waals surface area contributed by atoms with Gasteiger partial charge in [-0.2, -0.15) is 11.8 Å². The Hall–Kier alpha value is -2.58. The van der Waals surface area contributed by atoms with E-state index < -0.39 is 11.2 Å². The molecule has 0 radical (unpaired) electrons. The molecule has 0 bridgehead atoms. The van der Waals surface area contributed by atoms with E-state index in [4.69, 9.17) is 11.6 Å². The minimum Gasteiger partial charge on any atom is -0.351 e. The topological polar surface area (TPSA) is 86.0 Å². The van der Waals surface area contributed by atoms with Crippen molar-refractivity contribution in [2.75, 3.05) is 12.3 Å². The summed E-state index contributed by atoms with van der Waals surface area (Å²) in [5.74, 6) is 1.26. The molecule has 3 rings (SSSR count). The number of nitrogens with zero attached hydrogens (tertiary/aromatic N) is 3. The van der Waals surface area contributed by atoms with Gasteiger partial charge in [0.25, 0.3) is 11.5 Å². The number of carbonyl (C=O) groups is 1. The number of hydrogen-bond acceptors (Lipinski definition) is 5. The Labute approximate surface area is 170 Å². The van der Waals surface area contributed by atoms with Gasteiger partial charge in [0.15, 0.2) is 0 Å². The highest BCUT2D eigenvalue weighted by Gasteiger charge is 2.13. The van der Waals surface area contributed by atoms with E-state index in [1.54, 1.807) is 11.8 Å². The first kappa shape index (κ1) is 20.2. The minimum atomic E-state index is -0.473. The maximum atomic E-state index is 12.4. The van der Waals surface area contributed by atoms with Gasteiger partial charge in [0.05, 0.1) is 10.9 Å². The summed E-state index contributed by atoms with van der Waals surface area (Å²) in [6, 6.07) is 9.13. The summed E-state index contributed by atoms with van der Waals surface area (Å²) in [5, 5.41) is 3.76. The van der Waals surface area contributed by atoms with Crippen LogP contribution in [0.25, 0.3) is 11.0 Å². The van der Waals surface area contributed by atoms with Crippen molar-refractivity contribution in [3.8, 4) is 0 Å². The smallest absolute Gasteiger partial charge is 0.332 e. The molecule has 1 N–H and O–H groups in total. The summed E-state index contributed by atoms with van der Waals surface area (Å²) in [6.45, 7) is 0.487. The number of thioether (sulfide) groups is 1. The molecule has 1 amide bonds. The lowest BCUT2D eigenvalue weighted by Crippen LogP contribution is -2.37. The Balaban J connectivity index is 1.61. The van der Waals surface area contributed by atoms with Gasteiger partial charge in [0.2, 0.25) is 0 Å². The molecule has 0 aliphatic heterocycles. The minimum absolute atomic E-state index is 0.231. The maximum absolute atomic E-state index is 12.4. The van der Waals surface area contributed by atoms with Gasteiger partial charge in [0.1, 0.15) is 5.65 Å². The molecule has 0 saturated heterocycles. The fourth-order valence-corrected chi connectivity index (χ4v) is 3.64. The van der Waals surface area contributed by atoms with Crippen molar-refractivity contribution in [2.24, 2.45) is 14.1 Å². The highest BCUT2D eigenvalue weighted by molar-refractivity contribution is 7.98. The number of rotatable bonds is 6. The van der Waals surface area contributed by atoms with Crippen LogP contribution in [0.2, 0.25) is 5.02 Å². The van der Waals surface area contributed by atoms with Crippen LogP contribution in [0.4, 0.5) is 0 Å². The Morgan fingerprint density at radius 3 is 2.61 bits per heavy atom. The number of aryl methyl sites for hydroxylation is 1. The van der Waals surface area contributed by atoms with E-state index in [1.807, 2.05) is 24.3 Å². The van der Waals surface area contributed by atoms with Crippen molar-refractivity contribution in [3.05, 3.63) is 73.5 Å². The number of nitrogens with one attached hydrogen (secondary N) is 1. The first-order valence-corrected chi connectivity index (χ1v) is 10.1. The van der Waals surface area contributed by atoms with Crippen LogP contribution in [0.5, 0.6) is 0 Å². The van der Waals surface area contributed by atoms with E-state index in [1.165, 1.54) is 36.5 Å². The van der Waals surface area contributed by atoms with Crippen LogP contribution < -0.4 is 16.6 Å². The van der Waals surface area contributed by atoms with Gasteiger partial charge >= 0.3 is 5.69 Å². The highest BCUT2D eigenvalue weighted by atomic mass is 35.5. The second kappa shape index (κ2) is 8.62. The fraction of sp³-hybridized carbons (Fsp3) is 0.263. The monoisotopic (exact) mass is 418 g/mol. The summed E-state index contributed by atoms with van der Waals surface area (Å²) in [6.07, 6.45) is 1.37. The van der Waals surface area contributed by atoms with Crippen LogP contribution in [0.15, 0.2) is 46.1 Å². The fourth-order valence-electron chi connectivity index (χ4n) is 2.70. The SMILES string of the molecule is Cn1c(=O)c2cc(C(=O)NCCSCc3ccc(Cl)cc3)cnc2n(C)c1=O. The van der Waals surface area contributed by atoms with Gasteiger partial charge in [-0.3, -0.25) is 18.7 Å². The Kier molecular flexibility index (Phi) is 6.21. The zero-order valence-electron chi connectivity index (χ0n) is 15.4. The molecule has 9 heteroatoms. The number of hydrogen-bond donors (Lipinski definition) is 1. The van der Waals surface area contributed by atoms with Crippen LogP contribution in [0.3, 0.4) is 0 Å². The lowest BCUT2D eigenvalue weighted by Gasteiger charge is -2.09. The van der Waals surface area contributed by atoms with E-state index in [2.05, 4.69) is 10.3 Å². The Bertz CT molecular complexity index is 1140. The van der Waals surface area contributed by atoms with Crippen molar-refractivity contribution in [1.82, 2.24) is 19.4 Å². The molecular formula is C19H19ClN4O3S. The first-order chi connectivity index (χ1) is 13.4. The molecule has 146 valence electrons. The first-order valence-electron chi connectivity index (χ1n) is 8.54. The average molecular weight is 419 g/mol. The summed E-state index contributed by atoms with van der Waals surface area (Å²) in [7, 11) is 2.93. The second-order valence-corrected chi connectivity index (χ2v) is 7.78. The molecule has 0 aliphatic carbocycles. The molecule has 0 aliphatic rings. The molecule has 2 aromatic heterocycles. The zero-order chi connectivity index (χ0) is 20.3. The molecule has 0 unspecified atom stereocenters. The molecular weight excluding hydrogens is 400 g/mol. The van der Waals surface area contributed by atoms with Crippen LogP contribution in [-0.2, 0) is 19.8 Å². The lowest BCUT2D eigenvalue weighted by molar-refractivity contribution is 0.0956. The number of carbonyl (C=O) groups excluding carboxylic acids is 1. The van der Waals surface area contributed by atoms with Crippen LogP contribution in [0, 0.1) is 0 Å². The molecule has 0 atom stereocenters. The highest BCUT2D eigenvalue weighted by Crippen LogP contribution is 2.15. The summed E-state index contributed by atoms with van der Waals surface area (Å²) in [4.78, 5) is 40.7. The predicted molar refractivity (Wildman–Crippen MR) is 112 cm³/mol. The van der Waals surface area contributed by atoms with Crippen molar-refractivity contribution in [2.45, 2.75) is 5.75 Å². The van der Waals surface area contributed by atoms with E-state index in [-0.39, 0.29) is 22.5 Å². The second-order valence-electron chi connectivity index (χ2n) is 6.24. The van der Waals surface area contributed by atoms with Crippen molar-refractivity contribution in [1.29, 1.82) is 0 Å². The van der Waals surface area contributed by atoms with Gasteiger partial charge in [-0.1, -0.05) is 23.7 Å². The van der Waals surface area contributed by atoms with Gasteiger partial charge in [-0.15, -0.1) is 0 Å². The largest absolute Gasteiger partial charge is 0.351 e. The number of amides is 1. The average Bonchev–Trinajstić information content (AvgIpc) is 2.71. The maximum Gasteiger partial charge on any atom is 0.332 e. The van der Waals surface area contributed by atoms with Gasteiger partial charge in [0, 0.05) is 43.4 Å². The molecule has 1 aromatic carbocycles.